The SMILES string of the molecule is CC(C)C(C#N)CNCC(C)(C)c1cccs1. The molecule has 0 spiro atoms. The molecule has 0 fully saturated rings. The third-order valence-corrected chi connectivity index (χ3v) is 4.33. The van der Waals surface area contributed by atoms with Gasteiger partial charge in [-0.25, -0.2) is 0 Å². The Morgan fingerprint density at radius 1 is 1.47 bits per heavy atom. The first-order chi connectivity index (χ1) is 7.97. The molecule has 17 heavy (non-hydrogen) atoms. The van der Waals surface area contributed by atoms with E-state index < -0.39 is 0 Å². The van der Waals surface area contributed by atoms with Crippen LogP contribution >= 0.6 is 11.3 Å². The predicted octanol–water partition coefficient (Wildman–Crippen LogP) is 3.41. The summed E-state index contributed by atoms with van der Waals surface area (Å²) in [5.41, 5.74) is 0.144. The molecule has 1 aromatic rings. The Bertz CT molecular complexity index is 360. The third-order valence-electron chi connectivity index (χ3n) is 3.09. The highest BCUT2D eigenvalue weighted by molar-refractivity contribution is 7.10. The number of nitrogens with one attached hydrogen (secondary N) is 1. The maximum Gasteiger partial charge on any atom is 0.0671 e. The summed E-state index contributed by atoms with van der Waals surface area (Å²) >= 11 is 1.80. The molecular weight excluding hydrogens is 228 g/mol. The Morgan fingerprint density at radius 3 is 2.65 bits per heavy atom. The lowest BCUT2D eigenvalue weighted by atomic mass is 9.90. The van der Waals surface area contributed by atoms with E-state index in [2.05, 4.69) is 56.6 Å². The summed E-state index contributed by atoms with van der Waals surface area (Å²) in [6.45, 7) is 10.4. The molecule has 0 amide bonds. The van der Waals surface area contributed by atoms with Crippen LogP contribution in [0.3, 0.4) is 0 Å². The van der Waals surface area contributed by atoms with E-state index >= 15 is 0 Å². The smallest absolute Gasteiger partial charge is 0.0671 e. The molecule has 0 aromatic carbocycles. The molecule has 94 valence electrons. The van der Waals surface area contributed by atoms with Crippen LogP contribution < -0.4 is 5.32 Å². The summed E-state index contributed by atoms with van der Waals surface area (Å²) in [5.74, 6) is 0.520. The summed E-state index contributed by atoms with van der Waals surface area (Å²) in [4.78, 5) is 1.39. The predicted molar refractivity (Wildman–Crippen MR) is 74.2 cm³/mol. The average Bonchev–Trinajstić information content (AvgIpc) is 2.77. The fourth-order valence-electron chi connectivity index (χ4n) is 1.72. The molecule has 0 saturated heterocycles. The standard InChI is InChI=1S/C14H22N2S/c1-11(2)12(8-15)9-16-10-14(3,4)13-6-5-7-17-13/h5-7,11-12,16H,9-10H2,1-4H3. The van der Waals surface area contributed by atoms with Crippen molar-refractivity contribution in [1.29, 1.82) is 5.26 Å². The van der Waals surface area contributed by atoms with Crippen LogP contribution in [-0.2, 0) is 5.41 Å². The molecular formula is C14H22N2S. The molecule has 0 saturated carbocycles. The molecule has 1 aromatic heterocycles. The molecule has 1 rings (SSSR count). The van der Waals surface area contributed by atoms with Crippen LogP contribution in [0.4, 0.5) is 0 Å². The van der Waals surface area contributed by atoms with Gasteiger partial charge in [-0.2, -0.15) is 5.26 Å². The fourth-order valence-corrected chi connectivity index (χ4v) is 2.57. The fraction of sp³-hybridized carbons (Fsp3) is 0.643. The Labute approximate surface area is 109 Å². The lowest BCUT2D eigenvalue weighted by Crippen LogP contribution is -2.35. The second kappa shape index (κ2) is 6.18. The van der Waals surface area contributed by atoms with Gasteiger partial charge >= 0.3 is 0 Å². The topological polar surface area (TPSA) is 35.8 Å². The minimum atomic E-state index is 0.106. The van der Waals surface area contributed by atoms with Crippen molar-refractivity contribution in [2.75, 3.05) is 13.1 Å². The lowest BCUT2D eigenvalue weighted by molar-refractivity contribution is 0.405. The second-order valence-corrected chi connectivity index (χ2v) is 6.42. The van der Waals surface area contributed by atoms with Crippen molar-refractivity contribution >= 4 is 11.3 Å². The Hall–Kier alpha value is -0.850. The van der Waals surface area contributed by atoms with Crippen LogP contribution in [0.5, 0.6) is 0 Å². The van der Waals surface area contributed by atoms with E-state index in [0.29, 0.717) is 5.92 Å². The number of thiophene rings is 1. The number of rotatable bonds is 6. The van der Waals surface area contributed by atoms with Crippen molar-refractivity contribution in [3.05, 3.63) is 22.4 Å². The van der Waals surface area contributed by atoms with Gasteiger partial charge in [0.05, 0.1) is 12.0 Å². The van der Waals surface area contributed by atoms with Crippen LogP contribution in [0.15, 0.2) is 17.5 Å². The molecule has 0 radical (unpaired) electrons. The molecule has 0 aliphatic carbocycles. The minimum Gasteiger partial charge on any atom is -0.315 e. The van der Waals surface area contributed by atoms with Gasteiger partial charge in [-0.05, 0) is 17.4 Å². The monoisotopic (exact) mass is 250 g/mol. The van der Waals surface area contributed by atoms with Gasteiger partial charge < -0.3 is 5.32 Å². The molecule has 1 N–H and O–H groups in total. The normalized spacial score (nSPS) is 13.6. The average molecular weight is 250 g/mol. The summed E-state index contributed by atoms with van der Waals surface area (Å²) in [6.07, 6.45) is 0. The van der Waals surface area contributed by atoms with Gasteiger partial charge in [0, 0.05) is 23.4 Å². The molecule has 0 bridgehead atoms. The van der Waals surface area contributed by atoms with Crippen LogP contribution in [0.1, 0.15) is 32.6 Å². The number of nitrogens with zero attached hydrogens (tertiary/aromatic N) is 1. The third kappa shape index (κ3) is 4.14. The van der Waals surface area contributed by atoms with Crippen molar-refractivity contribution in [2.45, 2.75) is 33.1 Å². The molecule has 1 unspecified atom stereocenters. The summed E-state index contributed by atoms with van der Waals surface area (Å²) in [6, 6.07) is 6.63. The highest BCUT2D eigenvalue weighted by atomic mass is 32.1. The van der Waals surface area contributed by atoms with Crippen molar-refractivity contribution in [2.24, 2.45) is 11.8 Å². The van der Waals surface area contributed by atoms with E-state index in [0.717, 1.165) is 13.1 Å². The minimum absolute atomic E-state index is 0.106. The van der Waals surface area contributed by atoms with Crippen LogP contribution in [-0.4, -0.2) is 13.1 Å². The van der Waals surface area contributed by atoms with Gasteiger partial charge in [0.15, 0.2) is 0 Å². The molecule has 1 atom stereocenters. The Morgan fingerprint density at radius 2 is 2.18 bits per heavy atom. The van der Waals surface area contributed by atoms with Gasteiger partial charge in [-0.1, -0.05) is 33.8 Å². The molecule has 0 aliphatic heterocycles. The van der Waals surface area contributed by atoms with E-state index in [9.17, 15) is 0 Å². The number of hydrogen-bond donors (Lipinski definition) is 1. The number of hydrogen-bond acceptors (Lipinski definition) is 3. The van der Waals surface area contributed by atoms with E-state index in [1.54, 1.807) is 11.3 Å². The molecule has 1 heterocycles. The van der Waals surface area contributed by atoms with E-state index in [-0.39, 0.29) is 11.3 Å². The maximum absolute atomic E-state index is 9.02. The summed E-state index contributed by atoms with van der Waals surface area (Å²) < 4.78 is 0. The highest BCUT2D eigenvalue weighted by Crippen LogP contribution is 2.26. The zero-order valence-corrected chi connectivity index (χ0v) is 12.0. The van der Waals surface area contributed by atoms with E-state index in [1.165, 1.54) is 4.88 Å². The van der Waals surface area contributed by atoms with Gasteiger partial charge in [0.1, 0.15) is 0 Å². The largest absolute Gasteiger partial charge is 0.315 e. The van der Waals surface area contributed by atoms with Crippen molar-refractivity contribution in [3.63, 3.8) is 0 Å². The second-order valence-electron chi connectivity index (χ2n) is 5.47. The van der Waals surface area contributed by atoms with Gasteiger partial charge in [-0.3, -0.25) is 0 Å². The van der Waals surface area contributed by atoms with E-state index in [4.69, 9.17) is 5.26 Å². The first kappa shape index (κ1) is 14.2. The quantitative estimate of drug-likeness (QED) is 0.840. The molecule has 2 nitrogen and oxygen atoms in total. The summed E-state index contributed by atoms with van der Waals surface area (Å²) in [5, 5.41) is 14.6. The van der Waals surface area contributed by atoms with Gasteiger partial charge in [-0.15, -0.1) is 11.3 Å². The van der Waals surface area contributed by atoms with Gasteiger partial charge in [0.25, 0.3) is 0 Å². The maximum atomic E-state index is 9.02. The zero-order chi connectivity index (χ0) is 12.9. The van der Waals surface area contributed by atoms with Crippen molar-refractivity contribution in [1.82, 2.24) is 5.32 Å². The first-order valence-corrected chi connectivity index (χ1v) is 6.99. The van der Waals surface area contributed by atoms with Crippen molar-refractivity contribution in [3.8, 4) is 6.07 Å². The zero-order valence-electron chi connectivity index (χ0n) is 11.2. The molecule has 0 aliphatic rings. The highest BCUT2D eigenvalue weighted by Gasteiger charge is 2.22. The molecule has 3 heteroatoms. The van der Waals surface area contributed by atoms with Crippen LogP contribution in [0.25, 0.3) is 0 Å². The van der Waals surface area contributed by atoms with Crippen molar-refractivity contribution < 1.29 is 0 Å². The lowest BCUT2D eigenvalue weighted by Gasteiger charge is -2.25. The van der Waals surface area contributed by atoms with Crippen LogP contribution in [0, 0.1) is 23.2 Å². The van der Waals surface area contributed by atoms with Gasteiger partial charge in [0.2, 0.25) is 0 Å². The first-order valence-electron chi connectivity index (χ1n) is 6.11. The number of nitriles is 1. The Balaban J connectivity index is 2.44. The Kier molecular flexibility index (Phi) is 5.17. The summed E-state index contributed by atoms with van der Waals surface area (Å²) in [7, 11) is 0. The van der Waals surface area contributed by atoms with Crippen LogP contribution in [0.2, 0.25) is 0 Å². The van der Waals surface area contributed by atoms with E-state index in [1.807, 2.05) is 0 Å².